The molecule has 0 radical (unpaired) electrons. The first-order valence-electron chi connectivity index (χ1n) is 19.9. The van der Waals surface area contributed by atoms with E-state index < -0.39 is 0 Å². The van der Waals surface area contributed by atoms with Gasteiger partial charge >= 0.3 is 0 Å². The summed E-state index contributed by atoms with van der Waals surface area (Å²) in [6.45, 7) is 4.69. The van der Waals surface area contributed by atoms with Crippen LogP contribution in [0.3, 0.4) is 0 Å². The largest absolute Gasteiger partial charge is 0.310 e. The third kappa shape index (κ3) is 4.71. The second kappa shape index (κ2) is 12.2. The lowest BCUT2D eigenvalue weighted by atomic mass is 9.82. The highest BCUT2D eigenvalue weighted by Gasteiger charge is 2.35. The molecular formula is C53H37N5. The van der Waals surface area contributed by atoms with Crippen LogP contribution in [0.1, 0.15) is 25.0 Å². The lowest BCUT2D eigenvalue weighted by Crippen LogP contribution is -2.16. The Balaban J connectivity index is 1.01. The maximum atomic E-state index is 5.38. The molecule has 3 aromatic heterocycles. The van der Waals surface area contributed by atoms with Crippen LogP contribution in [0.25, 0.3) is 77.6 Å². The molecule has 3 heterocycles. The normalized spacial score (nSPS) is 13.1. The molecule has 0 aliphatic heterocycles. The van der Waals surface area contributed by atoms with Crippen molar-refractivity contribution < 1.29 is 0 Å². The predicted octanol–water partition coefficient (Wildman–Crippen LogP) is 13.6. The van der Waals surface area contributed by atoms with Crippen molar-refractivity contribution >= 4 is 66.5 Å². The summed E-state index contributed by atoms with van der Waals surface area (Å²) in [6, 6.07) is 67.6. The van der Waals surface area contributed by atoms with E-state index in [1.54, 1.807) is 0 Å². The topological polar surface area (TPSA) is 38.4 Å². The van der Waals surface area contributed by atoms with Gasteiger partial charge in [-0.15, -0.1) is 0 Å². The monoisotopic (exact) mass is 743 g/mol. The van der Waals surface area contributed by atoms with Crippen molar-refractivity contribution in [1.82, 2.24) is 18.9 Å². The Bertz CT molecular complexity index is 3430. The summed E-state index contributed by atoms with van der Waals surface area (Å²) in [4.78, 5) is 12.9. The van der Waals surface area contributed by atoms with Crippen molar-refractivity contribution in [2.75, 3.05) is 4.90 Å². The number of nitrogens with zero attached hydrogens (tertiary/aromatic N) is 5. The minimum absolute atomic E-state index is 0.0889. The fourth-order valence-electron chi connectivity index (χ4n) is 9.50. The average molecular weight is 744 g/mol. The molecule has 0 bridgehead atoms. The maximum absolute atomic E-state index is 5.38. The summed E-state index contributed by atoms with van der Waals surface area (Å²) in [5.74, 6) is 0.820. The SMILES string of the molecule is CC1(C)c2ccccc2-c2ccc(N(c3ccccc3)c3ccc(-c4ccc5c6ccccc6n(-c6nc7ccccc7c7nc8ccccc8n67)c5c4)cc3)cc21. The third-order valence-electron chi connectivity index (χ3n) is 12.3. The first-order chi connectivity index (χ1) is 28.5. The number of aromatic nitrogens is 4. The van der Waals surface area contributed by atoms with Crippen molar-refractivity contribution in [3.63, 3.8) is 0 Å². The quantitative estimate of drug-likeness (QED) is 0.176. The highest BCUT2D eigenvalue weighted by Crippen LogP contribution is 2.50. The summed E-state index contributed by atoms with van der Waals surface area (Å²) < 4.78 is 4.54. The van der Waals surface area contributed by atoms with Crippen LogP contribution < -0.4 is 4.90 Å². The minimum Gasteiger partial charge on any atom is -0.310 e. The van der Waals surface area contributed by atoms with Gasteiger partial charge in [-0.25, -0.2) is 9.97 Å². The van der Waals surface area contributed by atoms with Gasteiger partial charge in [0.1, 0.15) is 5.65 Å². The van der Waals surface area contributed by atoms with Crippen LogP contribution >= 0.6 is 0 Å². The molecule has 0 unspecified atom stereocenters. The number of imidazole rings is 1. The zero-order chi connectivity index (χ0) is 38.5. The Labute approximate surface area is 335 Å². The summed E-state index contributed by atoms with van der Waals surface area (Å²) in [6.07, 6.45) is 0. The first kappa shape index (κ1) is 32.7. The molecule has 0 spiro atoms. The van der Waals surface area contributed by atoms with Crippen molar-refractivity contribution in [3.8, 4) is 28.2 Å². The second-order valence-electron chi connectivity index (χ2n) is 15.9. The smallest absolute Gasteiger partial charge is 0.221 e. The van der Waals surface area contributed by atoms with Gasteiger partial charge in [0.15, 0.2) is 0 Å². The van der Waals surface area contributed by atoms with Crippen molar-refractivity contribution in [1.29, 1.82) is 0 Å². The second-order valence-corrected chi connectivity index (χ2v) is 15.9. The Kier molecular flexibility index (Phi) is 6.91. The van der Waals surface area contributed by atoms with Crippen molar-refractivity contribution in [2.45, 2.75) is 19.3 Å². The van der Waals surface area contributed by atoms with E-state index in [4.69, 9.17) is 9.97 Å². The third-order valence-corrected chi connectivity index (χ3v) is 12.3. The first-order valence-corrected chi connectivity index (χ1v) is 19.9. The Hall–Kier alpha value is -7.50. The van der Waals surface area contributed by atoms with Gasteiger partial charge in [0, 0.05) is 38.6 Å². The minimum atomic E-state index is -0.0889. The summed E-state index contributed by atoms with van der Waals surface area (Å²) in [5, 5.41) is 3.40. The lowest BCUT2D eigenvalue weighted by molar-refractivity contribution is 0.660. The van der Waals surface area contributed by atoms with Gasteiger partial charge in [0.25, 0.3) is 0 Å². The molecule has 8 aromatic carbocycles. The van der Waals surface area contributed by atoms with Crippen molar-refractivity contribution in [3.05, 3.63) is 199 Å². The van der Waals surface area contributed by atoms with E-state index in [0.717, 1.165) is 72.8 Å². The van der Waals surface area contributed by atoms with Crippen LogP contribution in [0.15, 0.2) is 188 Å². The number of fused-ring (bicyclic) bond motifs is 11. The van der Waals surface area contributed by atoms with Crippen LogP contribution in [0.5, 0.6) is 0 Å². The molecule has 5 nitrogen and oxygen atoms in total. The van der Waals surface area contributed by atoms with E-state index in [2.05, 4.69) is 210 Å². The van der Waals surface area contributed by atoms with Crippen LogP contribution in [0.2, 0.25) is 0 Å². The fourth-order valence-corrected chi connectivity index (χ4v) is 9.50. The molecule has 0 amide bonds. The van der Waals surface area contributed by atoms with Gasteiger partial charge in [-0.3, -0.25) is 8.97 Å². The van der Waals surface area contributed by atoms with E-state index >= 15 is 0 Å². The Morgan fingerprint density at radius 2 is 1.05 bits per heavy atom. The molecule has 0 atom stereocenters. The van der Waals surface area contributed by atoms with E-state index in [-0.39, 0.29) is 5.41 Å². The highest BCUT2D eigenvalue weighted by atomic mass is 15.2. The molecule has 0 fully saturated rings. The predicted molar refractivity (Wildman–Crippen MR) is 240 cm³/mol. The van der Waals surface area contributed by atoms with Crippen molar-refractivity contribution in [2.24, 2.45) is 0 Å². The molecule has 58 heavy (non-hydrogen) atoms. The molecule has 0 saturated carbocycles. The van der Waals surface area contributed by atoms with Crippen LogP contribution in [-0.2, 0) is 5.41 Å². The molecule has 0 N–H and O–H groups in total. The van der Waals surface area contributed by atoms with Gasteiger partial charge in [-0.1, -0.05) is 129 Å². The Morgan fingerprint density at radius 3 is 1.90 bits per heavy atom. The van der Waals surface area contributed by atoms with Gasteiger partial charge in [0.2, 0.25) is 5.95 Å². The molecular weight excluding hydrogens is 707 g/mol. The summed E-state index contributed by atoms with van der Waals surface area (Å²) in [7, 11) is 0. The number of benzene rings is 8. The van der Waals surface area contributed by atoms with Crippen LogP contribution in [-0.4, -0.2) is 18.9 Å². The van der Waals surface area contributed by atoms with E-state index in [9.17, 15) is 0 Å². The molecule has 1 aliphatic rings. The Morgan fingerprint density at radius 1 is 0.431 bits per heavy atom. The summed E-state index contributed by atoms with van der Waals surface area (Å²) >= 11 is 0. The van der Waals surface area contributed by atoms with Crippen LogP contribution in [0, 0.1) is 0 Å². The molecule has 11 aromatic rings. The number of rotatable bonds is 5. The average Bonchev–Trinajstić information content (AvgIpc) is 3.90. The van der Waals surface area contributed by atoms with Gasteiger partial charge in [-0.05, 0) is 106 Å². The maximum Gasteiger partial charge on any atom is 0.221 e. The number of hydrogen-bond acceptors (Lipinski definition) is 3. The fraction of sp³-hybridized carbons (Fsp3) is 0.0566. The standard InChI is InChI=1S/C53H37N5/c1-53(2)44-19-9-6-16-39(44)40-31-29-38(33-45(40)53)56(36-14-4-3-5-15-36)37-27-24-34(25-28-37)35-26-30-42-41-17-8-12-22-48(41)57(50(42)32-35)52-55-46-20-10-7-18-43(46)51-54-47-21-11-13-23-49(47)58(51)52/h3-33H,1-2H3. The number of hydrogen-bond donors (Lipinski definition) is 0. The van der Waals surface area contributed by atoms with Gasteiger partial charge < -0.3 is 4.90 Å². The van der Waals surface area contributed by atoms with Crippen LogP contribution in [0.4, 0.5) is 17.1 Å². The molecule has 12 rings (SSSR count). The van der Waals surface area contributed by atoms with E-state index in [1.807, 2.05) is 6.07 Å². The molecule has 274 valence electrons. The molecule has 5 heteroatoms. The number of anilines is 3. The highest BCUT2D eigenvalue weighted by molar-refractivity contribution is 6.10. The van der Waals surface area contributed by atoms with Gasteiger partial charge in [-0.2, -0.15) is 0 Å². The zero-order valence-electron chi connectivity index (χ0n) is 32.1. The van der Waals surface area contributed by atoms with E-state index in [0.29, 0.717) is 0 Å². The zero-order valence-corrected chi connectivity index (χ0v) is 32.1. The molecule has 0 saturated heterocycles. The number of para-hydroxylation sites is 5. The lowest BCUT2D eigenvalue weighted by Gasteiger charge is -2.28. The molecule has 1 aliphatic carbocycles. The van der Waals surface area contributed by atoms with Gasteiger partial charge in [0.05, 0.1) is 27.6 Å². The summed E-state index contributed by atoms with van der Waals surface area (Å²) in [5.41, 5.74) is 16.9. The van der Waals surface area contributed by atoms with E-state index in [1.165, 1.54) is 33.0 Å².